The third-order valence-electron chi connectivity index (χ3n) is 3.06. The molecule has 1 aromatic heterocycles. The van der Waals surface area contributed by atoms with Crippen molar-refractivity contribution in [2.75, 3.05) is 11.9 Å². The van der Waals surface area contributed by atoms with E-state index < -0.39 is 0 Å². The molecule has 2 heterocycles. The highest BCUT2D eigenvalue weighted by Gasteiger charge is 2.11. The summed E-state index contributed by atoms with van der Waals surface area (Å²) in [5.41, 5.74) is 2.46. The first-order valence-corrected chi connectivity index (χ1v) is 7.20. The Morgan fingerprint density at radius 2 is 2.00 bits per heavy atom. The first kappa shape index (κ1) is 11.5. The van der Waals surface area contributed by atoms with Gasteiger partial charge in [0.25, 0.3) is 0 Å². The van der Waals surface area contributed by atoms with Crippen LogP contribution in [0.4, 0.5) is 5.00 Å². The van der Waals surface area contributed by atoms with Crippen LogP contribution in [-0.4, -0.2) is 11.5 Å². The Morgan fingerprint density at radius 1 is 1.11 bits per heavy atom. The molecular formula is C15H16N2S. The molecule has 3 rings (SSSR count). The van der Waals surface area contributed by atoms with Crippen molar-refractivity contribution < 1.29 is 0 Å². The maximum Gasteiger partial charge on any atom is 0.118 e. The standard InChI is InChI=1S/C15H16N2S/c1-2-6-12(7-3-1)9-10-14-17-13-8-4-5-11-16-15(13)18-14/h1-3,6-7,9-10,16H,4-5,8,11H2/b10-9+. The summed E-state index contributed by atoms with van der Waals surface area (Å²) in [5, 5.41) is 5.83. The highest BCUT2D eigenvalue weighted by molar-refractivity contribution is 7.16. The van der Waals surface area contributed by atoms with Crippen molar-refractivity contribution in [3.8, 4) is 0 Å². The molecule has 0 fully saturated rings. The summed E-state index contributed by atoms with van der Waals surface area (Å²) in [6, 6.07) is 10.4. The Morgan fingerprint density at radius 3 is 2.89 bits per heavy atom. The number of thiazole rings is 1. The van der Waals surface area contributed by atoms with Crippen molar-refractivity contribution in [3.63, 3.8) is 0 Å². The maximum atomic E-state index is 4.70. The molecule has 0 atom stereocenters. The Kier molecular flexibility index (Phi) is 3.42. The minimum absolute atomic E-state index is 1.08. The van der Waals surface area contributed by atoms with E-state index in [0.717, 1.165) is 18.0 Å². The molecule has 2 nitrogen and oxygen atoms in total. The fourth-order valence-corrected chi connectivity index (χ4v) is 3.04. The van der Waals surface area contributed by atoms with Gasteiger partial charge < -0.3 is 5.32 Å². The van der Waals surface area contributed by atoms with E-state index in [1.165, 1.54) is 29.1 Å². The number of nitrogens with zero attached hydrogens (tertiary/aromatic N) is 1. The molecule has 3 heteroatoms. The van der Waals surface area contributed by atoms with Crippen LogP contribution in [0.2, 0.25) is 0 Å². The number of hydrogen-bond acceptors (Lipinski definition) is 3. The van der Waals surface area contributed by atoms with Gasteiger partial charge in [0, 0.05) is 6.54 Å². The zero-order valence-electron chi connectivity index (χ0n) is 10.2. The number of aromatic nitrogens is 1. The number of anilines is 1. The summed E-state index contributed by atoms with van der Waals surface area (Å²) >= 11 is 1.76. The maximum absolute atomic E-state index is 4.70. The van der Waals surface area contributed by atoms with Crippen LogP contribution >= 0.6 is 11.3 Å². The fraction of sp³-hybridized carbons (Fsp3) is 0.267. The largest absolute Gasteiger partial charge is 0.375 e. The molecule has 2 aromatic rings. The van der Waals surface area contributed by atoms with Gasteiger partial charge in [-0.2, -0.15) is 0 Å². The normalized spacial score (nSPS) is 15.1. The predicted octanol–water partition coefficient (Wildman–Crippen LogP) is 4.06. The van der Waals surface area contributed by atoms with Crippen molar-refractivity contribution >= 4 is 28.5 Å². The lowest BCUT2D eigenvalue weighted by atomic mass is 10.2. The lowest BCUT2D eigenvalue weighted by molar-refractivity contribution is 0.774. The van der Waals surface area contributed by atoms with E-state index in [9.17, 15) is 0 Å². The van der Waals surface area contributed by atoms with Crippen molar-refractivity contribution in [3.05, 3.63) is 46.6 Å². The molecule has 0 unspecified atom stereocenters. The monoisotopic (exact) mass is 256 g/mol. The Bertz CT molecular complexity index is 519. The topological polar surface area (TPSA) is 24.9 Å². The summed E-state index contributed by atoms with van der Waals surface area (Å²) < 4.78 is 0. The minimum Gasteiger partial charge on any atom is -0.375 e. The molecule has 0 radical (unpaired) electrons. The average molecular weight is 256 g/mol. The summed E-state index contributed by atoms with van der Waals surface area (Å²) in [7, 11) is 0. The van der Waals surface area contributed by atoms with E-state index >= 15 is 0 Å². The SMILES string of the molecule is C(=C\c1nc2c(s1)NCCCC2)/c1ccccc1. The van der Waals surface area contributed by atoms with Gasteiger partial charge >= 0.3 is 0 Å². The van der Waals surface area contributed by atoms with Crippen molar-refractivity contribution in [2.24, 2.45) is 0 Å². The molecule has 0 bridgehead atoms. The first-order valence-electron chi connectivity index (χ1n) is 6.38. The second kappa shape index (κ2) is 5.36. The third kappa shape index (κ3) is 2.62. The van der Waals surface area contributed by atoms with Crippen LogP contribution in [0.3, 0.4) is 0 Å². The molecular weight excluding hydrogens is 240 g/mol. The second-order valence-corrected chi connectivity index (χ2v) is 5.49. The molecule has 0 spiro atoms. The molecule has 0 amide bonds. The Labute approximate surface area is 111 Å². The lowest BCUT2D eigenvalue weighted by Crippen LogP contribution is -1.96. The number of hydrogen-bond donors (Lipinski definition) is 1. The smallest absolute Gasteiger partial charge is 0.118 e. The van der Waals surface area contributed by atoms with Crippen LogP contribution in [0.1, 0.15) is 29.1 Å². The fourth-order valence-electron chi connectivity index (χ4n) is 2.10. The van der Waals surface area contributed by atoms with Gasteiger partial charge in [-0.25, -0.2) is 4.98 Å². The van der Waals surface area contributed by atoms with Crippen LogP contribution in [0.5, 0.6) is 0 Å². The number of benzene rings is 1. The zero-order valence-corrected chi connectivity index (χ0v) is 11.0. The highest BCUT2D eigenvalue weighted by Crippen LogP contribution is 2.29. The molecule has 0 saturated heterocycles. The summed E-state index contributed by atoms with van der Waals surface area (Å²) in [6.45, 7) is 1.08. The van der Waals surface area contributed by atoms with Crippen LogP contribution in [0.15, 0.2) is 30.3 Å². The number of aryl methyl sites for hydroxylation is 1. The predicted molar refractivity (Wildman–Crippen MR) is 78.9 cm³/mol. The summed E-state index contributed by atoms with van der Waals surface area (Å²) in [4.78, 5) is 4.70. The van der Waals surface area contributed by atoms with Gasteiger partial charge in [0.05, 0.1) is 5.69 Å². The highest BCUT2D eigenvalue weighted by atomic mass is 32.1. The van der Waals surface area contributed by atoms with E-state index in [2.05, 4.69) is 41.7 Å². The minimum atomic E-state index is 1.08. The zero-order chi connectivity index (χ0) is 12.2. The van der Waals surface area contributed by atoms with E-state index in [1.807, 2.05) is 6.07 Å². The molecule has 0 saturated carbocycles. The van der Waals surface area contributed by atoms with Crippen LogP contribution in [0, 0.1) is 0 Å². The molecule has 92 valence electrons. The Hall–Kier alpha value is -1.61. The van der Waals surface area contributed by atoms with E-state index in [0.29, 0.717) is 0 Å². The summed E-state index contributed by atoms with van der Waals surface area (Å²) in [5.74, 6) is 0. The number of nitrogens with one attached hydrogen (secondary N) is 1. The molecule has 0 aliphatic carbocycles. The average Bonchev–Trinajstić information content (AvgIpc) is 2.68. The van der Waals surface area contributed by atoms with E-state index in [-0.39, 0.29) is 0 Å². The van der Waals surface area contributed by atoms with E-state index in [1.54, 1.807) is 11.3 Å². The van der Waals surface area contributed by atoms with Gasteiger partial charge in [0.2, 0.25) is 0 Å². The van der Waals surface area contributed by atoms with Gasteiger partial charge in [-0.1, -0.05) is 47.7 Å². The lowest BCUT2D eigenvalue weighted by Gasteiger charge is -1.96. The van der Waals surface area contributed by atoms with E-state index in [4.69, 9.17) is 4.98 Å². The van der Waals surface area contributed by atoms with Crippen LogP contribution in [-0.2, 0) is 6.42 Å². The van der Waals surface area contributed by atoms with Gasteiger partial charge in [0.1, 0.15) is 10.0 Å². The molecule has 1 aromatic carbocycles. The quantitative estimate of drug-likeness (QED) is 0.876. The van der Waals surface area contributed by atoms with Crippen LogP contribution in [0.25, 0.3) is 12.2 Å². The van der Waals surface area contributed by atoms with Crippen molar-refractivity contribution in [1.82, 2.24) is 4.98 Å². The van der Waals surface area contributed by atoms with Gasteiger partial charge in [-0.15, -0.1) is 0 Å². The molecule has 18 heavy (non-hydrogen) atoms. The van der Waals surface area contributed by atoms with Crippen molar-refractivity contribution in [1.29, 1.82) is 0 Å². The van der Waals surface area contributed by atoms with Crippen molar-refractivity contribution in [2.45, 2.75) is 19.3 Å². The van der Waals surface area contributed by atoms with Crippen LogP contribution < -0.4 is 5.32 Å². The van der Waals surface area contributed by atoms with Gasteiger partial charge in [0.15, 0.2) is 0 Å². The Balaban J connectivity index is 1.79. The molecule has 1 aliphatic rings. The molecule has 1 N–H and O–H groups in total. The first-order chi connectivity index (χ1) is 8.92. The summed E-state index contributed by atoms with van der Waals surface area (Å²) in [6.07, 6.45) is 7.83. The second-order valence-electron chi connectivity index (χ2n) is 4.46. The van der Waals surface area contributed by atoms with Gasteiger partial charge in [-0.05, 0) is 30.9 Å². The number of fused-ring (bicyclic) bond motifs is 1. The number of rotatable bonds is 2. The molecule has 1 aliphatic heterocycles. The van der Waals surface area contributed by atoms with Gasteiger partial charge in [-0.3, -0.25) is 0 Å². The third-order valence-corrected chi connectivity index (χ3v) is 4.08.